The van der Waals surface area contributed by atoms with E-state index >= 15 is 0 Å². The summed E-state index contributed by atoms with van der Waals surface area (Å²) in [5.41, 5.74) is 0. The van der Waals surface area contributed by atoms with Gasteiger partial charge >= 0.3 is 0 Å². The van der Waals surface area contributed by atoms with Crippen molar-refractivity contribution in [1.82, 2.24) is 14.9 Å². The molecule has 21 heavy (non-hydrogen) atoms. The van der Waals surface area contributed by atoms with Crippen LogP contribution in [0.5, 0.6) is 17.2 Å². The van der Waals surface area contributed by atoms with Gasteiger partial charge in [-0.1, -0.05) is 0 Å². The third-order valence-corrected chi connectivity index (χ3v) is 3.41. The van der Waals surface area contributed by atoms with E-state index < -0.39 is 0 Å². The average Bonchev–Trinajstić information content (AvgIpc) is 3.11. The number of aryl methyl sites for hydroxylation is 1. The first kappa shape index (κ1) is 13.8. The topological polar surface area (TPSA) is 57.5 Å². The van der Waals surface area contributed by atoms with E-state index in [1.54, 1.807) is 6.20 Å². The van der Waals surface area contributed by atoms with Crippen molar-refractivity contribution in [2.45, 2.75) is 13.0 Å². The number of rotatable bonds is 6. The largest absolute Gasteiger partial charge is 0.492 e. The molecule has 6 heteroatoms. The minimum atomic E-state index is 0.186. The van der Waals surface area contributed by atoms with Crippen LogP contribution in [0.1, 0.15) is 18.8 Å². The fourth-order valence-electron chi connectivity index (χ4n) is 2.30. The van der Waals surface area contributed by atoms with Crippen LogP contribution in [0, 0.1) is 0 Å². The highest BCUT2D eigenvalue weighted by molar-refractivity contribution is 5.46. The lowest BCUT2D eigenvalue weighted by Crippen LogP contribution is -2.26. The van der Waals surface area contributed by atoms with Crippen LogP contribution in [0.4, 0.5) is 0 Å². The molecule has 1 atom stereocenters. The molecule has 1 N–H and O–H groups in total. The van der Waals surface area contributed by atoms with Gasteiger partial charge in [-0.15, -0.1) is 0 Å². The molecule has 2 heterocycles. The van der Waals surface area contributed by atoms with Gasteiger partial charge < -0.3 is 24.1 Å². The molecular formula is C15H19N3O3. The van der Waals surface area contributed by atoms with Crippen LogP contribution in [0.25, 0.3) is 0 Å². The second-order valence-corrected chi connectivity index (χ2v) is 4.94. The molecular weight excluding hydrogens is 270 g/mol. The summed E-state index contributed by atoms with van der Waals surface area (Å²) in [6, 6.07) is 5.78. The summed E-state index contributed by atoms with van der Waals surface area (Å²) in [7, 11) is 1.99. The van der Waals surface area contributed by atoms with Gasteiger partial charge in [-0.2, -0.15) is 0 Å². The van der Waals surface area contributed by atoms with Crippen molar-refractivity contribution in [3.63, 3.8) is 0 Å². The third kappa shape index (κ3) is 3.11. The van der Waals surface area contributed by atoms with Crippen molar-refractivity contribution in [2.75, 3.05) is 19.9 Å². The smallest absolute Gasteiger partial charge is 0.231 e. The van der Waals surface area contributed by atoms with Gasteiger partial charge in [-0.3, -0.25) is 0 Å². The summed E-state index contributed by atoms with van der Waals surface area (Å²) in [4.78, 5) is 4.32. The van der Waals surface area contributed by atoms with Gasteiger partial charge in [0.15, 0.2) is 11.5 Å². The highest BCUT2D eigenvalue weighted by atomic mass is 16.7. The van der Waals surface area contributed by atoms with Crippen LogP contribution in [-0.4, -0.2) is 29.5 Å². The van der Waals surface area contributed by atoms with Gasteiger partial charge in [0.2, 0.25) is 6.79 Å². The first-order valence-electron chi connectivity index (χ1n) is 6.97. The van der Waals surface area contributed by atoms with E-state index in [-0.39, 0.29) is 12.8 Å². The number of hydrogen-bond acceptors (Lipinski definition) is 5. The SMILES string of the molecule is C[C@H](NCCOc1ccc2c(c1)OCO2)c1nccn1C. The average molecular weight is 289 g/mol. The van der Waals surface area contributed by atoms with Crippen molar-refractivity contribution < 1.29 is 14.2 Å². The van der Waals surface area contributed by atoms with E-state index in [4.69, 9.17) is 14.2 Å². The molecule has 0 unspecified atom stereocenters. The van der Waals surface area contributed by atoms with Gasteiger partial charge in [0.05, 0.1) is 6.04 Å². The number of hydrogen-bond donors (Lipinski definition) is 1. The second-order valence-electron chi connectivity index (χ2n) is 4.94. The Hall–Kier alpha value is -2.21. The molecule has 0 fully saturated rings. The van der Waals surface area contributed by atoms with Crippen molar-refractivity contribution in [1.29, 1.82) is 0 Å². The monoisotopic (exact) mass is 289 g/mol. The van der Waals surface area contributed by atoms with Crippen LogP contribution in [0.3, 0.4) is 0 Å². The van der Waals surface area contributed by atoms with Crippen molar-refractivity contribution >= 4 is 0 Å². The van der Waals surface area contributed by atoms with Crippen LogP contribution < -0.4 is 19.5 Å². The molecule has 1 aliphatic heterocycles. The number of nitrogens with one attached hydrogen (secondary N) is 1. The van der Waals surface area contributed by atoms with E-state index in [9.17, 15) is 0 Å². The second kappa shape index (κ2) is 6.05. The summed E-state index contributed by atoms with van der Waals surface area (Å²) in [5.74, 6) is 3.30. The molecule has 0 spiro atoms. The Kier molecular flexibility index (Phi) is 3.96. The first-order chi connectivity index (χ1) is 10.2. The minimum absolute atomic E-state index is 0.186. The summed E-state index contributed by atoms with van der Waals surface area (Å²) in [5, 5.41) is 3.38. The Morgan fingerprint density at radius 3 is 3.05 bits per heavy atom. The number of ether oxygens (including phenoxy) is 3. The fourth-order valence-corrected chi connectivity index (χ4v) is 2.30. The zero-order valence-electron chi connectivity index (χ0n) is 12.2. The number of imidazole rings is 1. The molecule has 6 nitrogen and oxygen atoms in total. The summed E-state index contributed by atoms with van der Waals surface area (Å²) in [6.45, 7) is 3.68. The molecule has 0 saturated heterocycles. The first-order valence-corrected chi connectivity index (χ1v) is 6.97. The van der Waals surface area contributed by atoms with Gasteiger partial charge in [-0.05, 0) is 19.1 Å². The molecule has 1 aromatic carbocycles. The Bertz CT molecular complexity index is 612. The van der Waals surface area contributed by atoms with Gasteiger partial charge in [0, 0.05) is 32.1 Å². The van der Waals surface area contributed by atoms with Crippen molar-refractivity contribution in [3.05, 3.63) is 36.4 Å². The van der Waals surface area contributed by atoms with Gasteiger partial charge in [0.25, 0.3) is 0 Å². The maximum absolute atomic E-state index is 5.70. The standard InChI is InChI=1S/C15H19N3O3/c1-11(15-17-5-7-18(15)2)16-6-8-19-12-3-4-13-14(9-12)21-10-20-13/h3-5,7,9,11,16H,6,8,10H2,1-2H3/t11-/m0/s1. The molecule has 0 aliphatic carbocycles. The van der Waals surface area contributed by atoms with Crippen molar-refractivity contribution in [3.8, 4) is 17.2 Å². The quantitative estimate of drug-likeness (QED) is 0.823. The van der Waals surface area contributed by atoms with Crippen LogP contribution >= 0.6 is 0 Å². The lowest BCUT2D eigenvalue weighted by molar-refractivity contribution is 0.173. The number of nitrogens with zero attached hydrogens (tertiary/aromatic N) is 2. The van der Waals surface area contributed by atoms with Gasteiger partial charge in [-0.25, -0.2) is 4.98 Å². The minimum Gasteiger partial charge on any atom is -0.492 e. The Morgan fingerprint density at radius 1 is 1.38 bits per heavy atom. The van der Waals surface area contributed by atoms with Crippen LogP contribution in [0.2, 0.25) is 0 Å². The number of fused-ring (bicyclic) bond motifs is 1. The maximum atomic E-state index is 5.70. The maximum Gasteiger partial charge on any atom is 0.231 e. The number of benzene rings is 1. The predicted octanol–water partition coefficient (Wildman–Crippen LogP) is 1.88. The molecule has 0 bridgehead atoms. The lowest BCUT2D eigenvalue weighted by atomic mass is 10.3. The molecule has 112 valence electrons. The van der Waals surface area contributed by atoms with E-state index in [0.29, 0.717) is 6.61 Å². The summed E-state index contributed by atoms with van der Waals surface area (Å²) < 4.78 is 18.3. The van der Waals surface area contributed by atoms with Crippen molar-refractivity contribution in [2.24, 2.45) is 7.05 Å². The highest BCUT2D eigenvalue weighted by Crippen LogP contribution is 2.34. The summed E-state index contributed by atoms with van der Waals surface area (Å²) >= 11 is 0. The highest BCUT2D eigenvalue weighted by Gasteiger charge is 2.14. The van der Waals surface area contributed by atoms with E-state index in [0.717, 1.165) is 29.6 Å². The molecule has 0 radical (unpaired) electrons. The predicted molar refractivity (Wildman–Crippen MR) is 77.7 cm³/mol. The van der Waals surface area contributed by atoms with E-state index in [2.05, 4.69) is 17.2 Å². The molecule has 0 amide bonds. The molecule has 0 saturated carbocycles. The van der Waals surface area contributed by atoms with Crippen LogP contribution in [-0.2, 0) is 7.05 Å². The summed E-state index contributed by atoms with van der Waals surface area (Å²) in [6.07, 6.45) is 3.74. The van der Waals surface area contributed by atoms with Crippen LogP contribution in [0.15, 0.2) is 30.6 Å². The Balaban J connectivity index is 1.45. The lowest BCUT2D eigenvalue weighted by Gasteiger charge is -2.14. The zero-order valence-corrected chi connectivity index (χ0v) is 12.2. The fraction of sp³-hybridized carbons (Fsp3) is 0.400. The zero-order chi connectivity index (χ0) is 14.7. The van der Waals surface area contributed by atoms with E-state index in [1.807, 2.05) is 36.0 Å². The molecule has 1 aliphatic rings. The normalized spacial score (nSPS) is 14.2. The van der Waals surface area contributed by atoms with Gasteiger partial charge in [0.1, 0.15) is 18.2 Å². The Morgan fingerprint density at radius 2 is 2.24 bits per heavy atom. The Labute approximate surface area is 123 Å². The molecule has 3 rings (SSSR count). The molecule has 2 aromatic rings. The van der Waals surface area contributed by atoms with E-state index in [1.165, 1.54) is 0 Å². The third-order valence-electron chi connectivity index (χ3n) is 3.41. The molecule has 1 aromatic heterocycles. The number of aromatic nitrogens is 2.